The Kier molecular flexibility index (Phi) is 7.57. The maximum atomic E-state index is 13.6. The van der Waals surface area contributed by atoms with Crippen molar-refractivity contribution < 1.29 is 8.81 Å². The van der Waals surface area contributed by atoms with Crippen molar-refractivity contribution in [1.82, 2.24) is 25.8 Å². The van der Waals surface area contributed by atoms with Crippen molar-refractivity contribution in [1.29, 1.82) is 0 Å². The first-order valence-electron chi connectivity index (χ1n) is 7.89. The number of nitrogens with one attached hydrogen (secondary N) is 3. The van der Waals surface area contributed by atoms with Gasteiger partial charge in [-0.3, -0.25) is 10.1 Å². The van der Waals surface area contributed by atoms with Crippen LogP contribution in [0.4, 0.5) is 4.39 Å². The standard InChI is InChI=1S/C17H19FN6O.HI/c1-19-17(21-11-12-5-2-3-6-13(12)18)20-9-8-15-22-16(24-23-15)14-7-4-10-25-14;/h2-7,10H,8-9,11H2,1H3,(H2,19,20,21)(H,22,23,24);1H. The Labute approximate surface area is 167 Å². The second-order valence-electron chi connectivity index (χ2n) is 5.28. The van der Waals surface area contributed by atoms with E-state index in [1.165, 1.54) is 6.07 Å². The highest BCUT2D eigenvalue weighted by Gasteiger charge is 2.08. The molecule has 26 heavy (non-hydrogen) atoms. The molecule has 7 nitrogen and oxygen atoms in total. The van der Waals surface area contributed by atoms with Gasteiger partial charge in [-0.2, -0.15) is 5.10 Å². The molecule has 0 saturated heterocycles. The van der Waals surface area contributed by atoms with Crippen LogP contribution in [0.15, 0.2) is 52.1 Å². The molecule has 0 fully saturated rings. The molecule has 0 radical (unpaired) electrons. The summed E-state index contributed by atoms with van der Waals surface area (Å²) < 4.78 is 18.9. The highest BCUT2D eigenvalue weighted by Crippen LogP contribution is 2.14. The van der Waals surface area contributed by atoms with E-state index in [4.69, 9.17) is 4.42 Å². The largest absolute Gasteiger partial charge is 0.461 e. The van der Waals surface area contributed by atoms with Gasteiger partial charge in [0.2, 0.25) is 5.82 Å². The van der Waals surface area contributed by atoms with Crippen molar-refractivity contribution in [2.45, 2.75) is 13.0 Å². The predicted octanol–water partition coefficient (Wildman–Crippen LogP) is 2.73. The Morgan fingerprint density at radius 1 is 1.23 bits per heavy atom. The molecule has 3 rings (SSSR count). The number of nitrogens with zero attached hydrogens (tertiary/aromatic N) is 3. The Bertz CT molecular complexity index is 833. The quantitative estimate of drug-likeness (QED) is 0.293. The lowest BCUT2D eigenvalue weighted by molar-refractivity contribution is 0.577. The smallest absolute Gasteiger partial charge is 0.216 e. The Hall–Kier alpha value is -2.43. The Balaban J connectivity index is 0.00000243. The number of rotatable bonds is 6. The maximum absolute atomic E-state index is 13.6. The number of hydrogen-bond donors (Lipinski definition) is 3. The van der Waals surface area contributed by atoms with E-state index in [9.17, 15) is 4.39 Å². The van der Waals surface area contributed by atoms with Gasteiger partial charge in [0.05, 0.1) is 6.26 Å². The summed E-state index contributed by atoms with van der Waals surface area (Å²) in [5.74, 6) is 2.25. The van der Waals surface area contributed by atoms with Crippen LogP contribution < -0.4 is 10.6 Å². The first-order chi connectivity index (χ1) is 12.3. The van der Waals surface area contributed by atoms with E-state index in [1.54, 1.807) is 43.6 Å². The summed E-state index contributed by atoms with van der Waals surface area (Å²) in [5, 5.41) is 13.2. The van der Waals surface area contributed by atoms with Crippen LogP contribution in [0.3, 0.4) is 0 Å². The number of furan rings is 1. The molecule has 0 amide bonds. The third kappa shape index (κ3) is 5.28. The highest BCUT2D eigenvalue weighted by molar-refractivity contribution is 14.0. The lowest BCUT2D eigenvalue weighted by atomic mass is 10.2. The fourth-order valence-electron chi connectivity index (χ4n) is 2.26. The number of H-pyrrole nitrogens is 1. The summed E-state index contributed by atoms with van der Waals surface area (Å²) in [6.07, 6.45) is 2.21. The van der Waals surface area contributed by atoms with Gasteiger partial charge in [0.25, 0.3) is 0 Å². The monoisotopic (exact) mass is 470 g/mol. The minimum Gasteiger partial charge on any atom is -0.461 e. The van der Waals surface area contributed by atoms with Crippen molar-refractivity contribution in [3.63, 3.8) is 0 Å². The SMILES string of the molecule is CN=C(NCCc1nc(-c2ccco2)n[nH]1)NCc1ccccc1F.I. The molecule has 2 heterocycles. The van der Waals surface area contributed by atoms with Crippen molar-refractivity contribution in [3.8, 4) is 11.6 Å². The number of guanidine groups is 1. The van der Waals surface area contributed by atoms with E-state index in [0.29, 0.717) is 42.6 Å². The molecule has 2 aromatic heterocycles. The van der Waals surface area contributed by atoms with Gasteiger partial charge in [-0.1, -0.05) is 18.2 Å². The van der Waals surface area contributed by atoms with E-state index in [2.05, 4.69) is 30.8 Å². The lowest BCUT2D eigenvalue weighted by Crippen LogP contribution is -2.38. The molecule has 3 N–H and O–H groups in total. The average Bonchev–Trinajstić information content (AvgIpc) is 3.30. The molecule has 0 bridgehead atoms. The van der Waals surface area contributed by atoms with Crippen molar-refractivity contribution in [3.05, 3.63) is 59.9 Å². The maximum Gasteiger partial charge on any atom is 0.216 e. The zero-order chi connectivity index (χ0) is 17.5. The summed E-state index contributed by atoms with van der Waals surface area (Å²) in [6.45, 7) is 0.959. The first kappa shape index (κ1) is 19.9. The lowest BCUT2D eigenvalue weighted by Gasteiger charge is -2.11. The van der Waals surface area contributed by atoms with E-state index in [0.717, 1.165) is 5.82 Å². The van der Waals surface area contributed by atoms with Gasteiger partial charge in [-0.15, -0.1) is 24.0 Å². The van der Waals surface area contributed by atoms with Crippen molar-refractivity contribution >= 4 is 29.9 Å². The van der Waals surface area contributed by atoms with E-state index in [1.807, 2.05) is 0 Å². The first-order valence-corrected chi connectivity index (χ1v) is 7.89. The summed E-state index contributed by atoms with van der Waals surface area (Å²) in [4.78, 5) is 8.49. The second kappa shape index (κ2) is 9.90. The Morgan fingerprint density at radius 3 is 2.81 bits per heavy atom. The molecule has 1 aromatic carbocycles. The average molecular weight is 470 g/mol. The molecule has 0 atom stereocenters. The van der Waals surface area contributed by atoms with Crippen LogP contribution in [0.2, 0.25) is 0 Å². The summed E-state index contributed by atoms with van der Waals surface area (Å²) in [7, 11) is 1.67. The van der Waals surface area contributed by atoms with Crippen LogP contribution in [0, 0.1) is 5.82 Å². The minimum absolute atomic E-state index is 0. The summed E-state index contributed by atoms with van der Waals surface area (Å²) in [5.41, 5.74) is 0.587. The molecule has 0 unspecified atom stereocenters. The molecule has 0 aliphatic rings. The zero-order valence-electron chi connectivity index (χ0n) is 14.2. The van der Waals surface area contributed by atoms with Crippen LogP contribution in [-0.4, -0.2) is 34.7 Å². The second-order valence-corrected chi connectivity index (χ2v) is 5.28. The number of hydrogen-bond acceptors (Lipinski definition) is 4. The van der Waals surface area contributed by atoms with Crippen LogP contribution in [-0.2, 0) is 13.0 Å². The molecule has 9 heteroatoms. The van der Waals surface area contributed by atoms with Crippen LogP contribution >= 0.6 is 24.0 Å². The van der Waals surface area contributed by atoms with Gasteiger partial charge in [-0.25, -0.2) is 9.37 Å². The molecular formula is C17H20FIN6O. The molecule has 3 aromatic rings. The normalized spacial score (nSPS) is 11.1. The number of aromatic nitrogens is 3. The highest BCUT2D eigenvalue weighted by atomic mass is 127. The Morgan fingerprint density at radius 2 is 2.08 bits per heavy atom. The molecule has 0 aliphatic carbocycles. The fourth-order valence-corrected chi connectivity index (χ4v) is 2.26. The van der Waals surface area contributed by atoms with Crippen molar-refractivity contribution in [2.75, 3.05) is 13.6 Å². The van der Waals surface area contributed by atoms with E-state index in [-0.39, 0.29) is 29.8 Å². The summed E-state index contributed by atoms with van der Waals surface area (Å²) in [6, 6.07) is 10.2. The molecule has 0 saturated carbocycles. The van der Waals surface area contributed by atoms with Gasteiger partial charge in [-0.05, 0) is 18.2 Å². The zero-order valence-corrected chi connectivity index (χ0v) is 16.5. The van der Waals surface area contributed by atoms with Crippen LogP contribution in [0.1, 0.15) is 11.4 Å². The number of aliphatic imine (C=N–C) groups is 1. The van der Waals surface area contributed by atoms with Gasteiger partial charge < -0.3 is 15.1 Å². The topological polar surface area (TPSA) is 91.1 Å². The van der Waals surface area contributed by atoms with E-state index >= 15 is 0 Å². The molecule has 138 valence electrons. The predicted molar refractivity (Wildman–Crippen MR) is 108 cm³/mol. The number of aromatic amines is 1. The number of benzene rings is 1. The van der Waals surface area contributed by atoms with Gasteiger partial charge in [0.1, 0.15) is 11.6 Å². The van der Waals surface area contributed by atoms with Gasteiger partial charge >= 0.3 is 0 Å². The molecular weight excluding hydrogens is 450 g/mol. The molecule has 0 spiro atoms. The van der Waals surface area contributed by atoms with Crippen molar-refractivity contribution in [2.24, 2.45) is 4.99 Å². The van der Waals surface area contributed by atoms with Crippen LogP contribution in [0.5, 0.6) is 0 Å². The van der Waals surface area contributed by atoms with Crippen LogP contribution in [0.25, 0.3) is 11.6 Å². The van der Waals surface area contributed by atoms with Gasteiger partial charge in [0.15, 0.2) is 11.7 Å². The van der Waals surface area contributed by atoms with E-state index < -0.39 is 0 Å². The number of halogens is 2. The fraction of sp³-hybridized carbons (Fsp3) is 0.235. The molecule has 0 aliphatic heterocycles. The minimum atomic E-state index is -0.238. The third-order valence-corrected chi connectivity index (χ3v) is 3.56. The third-order valence-electron chi connectivity index (χ3n) is 3.56. The van der Waals surface area contributed by atoms with Gasteiger partial charge in [0, 0.05) is 32.1 Å². The summed E-state index contributed by atoms with van der Waals surface area (Å²) >= 11 is 0.